The number of thiazole rings is 1. The number of halogens is 6. The van der Waals surface area contributed by atoms with E-state index < -0.39 is 36.5 Å². The number of fused-ring (bicyclic) bond motifs is 1. The van der Waals surface area contributed by atoms with Gasteiger partial charge in [-0.2, -0.15) is 9.97 Å². The van der Waals surface area contributed by atoms with Crippen molar-refractivity contribution in [2.75, 3.05) is 37.7 Å². The molecule has 7 nitrogen and oxygen atoms in total. The highest BCUT2D eigenvalue weighted by atomic mass is 79.9. The number of hydrogen-bond donors (Lipinski definition) is 0. The van der Waals surface area contributed by atoms with Gasteiger partial charge in [-0.05, 0) is 35.3 Å². The summed E-state index contributed by atoms with van der Waals surface area (Å²) in [4.78, 5) is 17.0. The summed E-state index contributed by atoms with van der Waals surface area (Å²) in [7, 11) is 0. The largest absolute Gasteiger partial charge is 0.489 e. The normalized spacial score (nSPS) is 25.5. The van der Waals surface area contributed by atoms with Gasteiger partial charge in [-0.15, -0.1) is 11.3 Å². The second-order valence-corrected chi connectivity index (χ2v) is 11.6. The van der Waals surface area contributed by atoms with Crippen molar-refractivity contribution in [1.29, 1.82) is 0 Å². The maximum absolute atomic E-state index is 15.5. The van der Waals surface area contributed by atoms with Gasteiger partial charge in [-0.1, -0.05) is 11.6 Å². The van der Waals surface area contributed by atoms with E-state index in [4.69, 9.17) is 21.1 Å². The molecular formula is C23H21BrClF4N5O2S. The molecule has 0 bridgehead atoms. The molecule has 5 heterocycles. The van der Waals surface area contributed by atoms with Crippen molar-refractivity contribution < 1.29 is 27.0 Å². The van der Waals surface area contributed by atoms with Gasteiger partial charge in [0.2, 0.25) is 0 Å². The van der Waals surface area contributed by atoms with Gasteiger partial charge in [-0.3, -0.25) is 9.88 Å². The van der Waals surface area contributed by atoms with E-state index in [0.29, 0.717) is 17.8 Å². The van der Waals surface area contributed by atoms with Crippen LogP contribution in [0.4, 0.5) is 23.4 Å². The van der Waals surface area contributed by atoms with Crippen LogP contribution in [0.5, 0.6) is 11.8 Å². The Bertz CT molecular complexity index is 1340. The Morgan fingerprint density at radius 1 is 1.35 bits per heavy atom. The maximum atomic E-state index is 15.5. The van der Waals surface area contributed by atoms with Crippen LogP contribution in [0.2, 0.25) is 5.02 Å². The van der Waals surface area contributed by atoms with Gasteiger partial charge < -0.3 is 14.4 Å². The van der Waals surface area contributed by atoms with Crippen LogP contribution in [0.25, 0.3) is 10.9 Å². The molecule has 1 unspecified atom stereocenters. The van der Waals surface area contributed by atoms with Crippen molar-refractivity contribution in [3.8, 4) is 11.8 Å². The molecule has 3 atom stereocenters. The fourth-order valence-corrected chi connectivity index (χ4v) is 6.97. The van der Waals surface area contributed by atoms with Crippen molar-refractivity contribution in [2.24, 2.45) is 0 Å². The van der Waals surface area contributed by atoms with Crippen molar-refractivity contribution in [2.45, 2.75) is 43.4 Å². The minimum Gasteiger partial charge on any atom is -0.489 e. The van der Waals surface area contributed by atoms with Gasteiger partial charge in [0.25, 0.3) is 6.43 Å². The predicted octanol–water partition coefficient (Wildman–Crippen LogP) is 5.80. The lowest BCUT2D eigenvalue weighted by molar-refractivity contribution is 0.107. The molecule has 14 heteroatoms. The molecule has 3 aliphatic heterocycles. The zero-order valence-corrected chi connectivity index (χ0v) is 22.4. The van der Waals surface area contributed by atoms with Gasteiger partial charge in [0.15, 0.2) is 11.6 Å². The lowest BCUT2D eigenvalue weighted by Crippen LogP contribution is -2.43. The smallest absolute Gasteiger partial charge is 0.319 e. The second-order valence-electron chi connectivity index (χ2n) is 9.46. The molecule has 2 aromatic heterocycles. The van der Waals surface area contributed by atoms with E-state index in [1.54, 1.807) is 11.7 Å². The minimum atomic E-state index is -2.73. The summed E-state index contributed by atoms with van der Waals surface area (Å²) < 4.78 is 69.4. The predicted molar refractivity (Wildman–Crippen MR) is 134 cm³/mol. The average Bonchev–Trinajstić information content (AvgIpc) is 3.56. The number of ether oxygens (including phenoxy) is 2. The molecule has 0 saturated carbocycles. The molecule has 0 radical (unpaired) electrons. The first-order chi connectivity index (χ1) is 17.8. The van der Waals surface area contributed by atoms with Crippen LogP contribution in [0.3, 0.4) is 0 Å². The summed E-state index contributed by atoms with van der Waals surface area (Å²) in [5, 5.41) is 0.0296. The topological polar surface area (TPSA) is 63.6 Å². The second kappa shape index (κ2) is 9.65. The van der Waals surface area contributed by atoms with Crippen molar-refractivity contribution in [3.05, 3.63) is 31.9 Å². The molecule has 0 N–H and O–H groups in total. The van der Waals surface area contributed by atoms with Gasteiger partial charge in [0.05, 0.1) is 32.3 Å². The van der Waals surface area contributed by atoms with E-state index in [2.05, 4.69) is 35.8 Å². The van der Waals surface area contributed by atoms with Crippen LogP contribution < -0.4 is 14.4 Å². The lowest BCUT2D eigenvalue weighted by atomic mass is 9.95. The molecule has 0 spiro atoms. The molecule has 3 aliphatic rings. The summed E-state index contributed by atoms with van der Waals surface area (Å²) in [6.07, 6.45) is -0.115. The highest BCUT2D eigenvalue weighted by Gasteiger charge is 2.49. The Kier molecular flexibility index (Phi) is 6.61. The summed E-state index contributed by atoms with van der Waals surface area (Å²) in [6.45, 7) is 0.461. The zero-order valence-electron chi connectivity index (χ0n) is 19.3. The summed E-state index contributed by atoms with van der Waals surface area (Å²) in [5.41, 5.74) is 0.923. The lowest BCUT2D eigenvalue weighted by Gasteiger charge is -2.32. The monoisotopic (exact) mass is 621 g/mol. The van der Waals surface area contributed by atoms with E-state index in [1.807, 2.05) is 0 Å². The first kappa shape index (κ1) is 25.3. The number of benzene rings is 1. The Labute approximate surface area is 226 Å². The van der Waals surface area contributed by atoms with Crippen LogP contribution in [0.15, 0.2) is 16.2 Å². The summed E-state index contributed by atoms with van der Waals surface area (Å²) in [6, 6.07) is -0.877. The standard InChI is InChI=1S/C23H21BrClF4N5O2S/c24-16-17(25)20-15-19(18(16)29)31-22(36-9-23-2-1-3-33(23)6-11(26)4-23)32-21(15)34(7-14(27)28)12(8-35-20)13-5-30-10-37-13/h5,10-12,14H,1-4,6-9H2/t11-,12?,23+/m1/s1. The summed E-state index contributed by atoms with van der Waals surface area (Å²) >= 11 is 10.9. The van der Waals surface area contributed by atoms with Crippen molar-refractivity contribution >= 4 is 55.6 Å². The number of hydrogen-bond acceptors (Lipinski definition) is 8. The van der Waals surface area contributed by atoms with Crippen LogP contribution >= 0.6 is 38.9 Å². The third-order valence-electron chi connectivity index (χ3n) is 7.27. The molecule has 37 heavy (non-hydrogen) atoms. The van der Waals surface area contributed by atoms with E-state index in [-0.39, 0.29) is 51.2 Å². The van der Waals surface area contributed by atoms with Crippen LogP contribution in [-0.4, -0.2) is 70.8 Å². The number of anilines is 1. The first-order valence-electron chi connectivity index (χ1n) is 11.7. The Hall–Kier alpha value is -1.96. The Morgan fingerprint density at radius 3 is 2.95 bits per heavy atom. The Balaban J connectivity index is 1.48. The number of rotatable bonds is 6. The molecule has 3 aromatic rings. The van der Waals surface area contributed by atoms with Gasteiger partial charge in [-0.25, -0.2) is 17.6 Å². The third-order valence-corrected chi connectivity index (χ3v) is 9.48. The Morgan fingerprint density at radius 2 is 2.19 bits per heavy atom. The average molecular weight is 623 g/mol. The molecule has 198 valence electrons. The van der Waals surface area contributed by atoms with E-state index in [1.165, 1.54) is 16.2 Å². The van der Waals surface area contributed by atoms with E-state index >= 15 is 4.39 Å². The van der Waals surface area contributed by atoms with E-state index in [9.17, 15) is 13.2 Å². The molecule has 2 fully saturated rings. The first-order valence-corrected chi connectivity index (χ1v) is 13.8. The van der Waals surface area contributed by atoms with Crippen molar-refractivity contribution in [1.82, 2.24) is 19.9 Å². The molecule has 6 rings (SSSR count). The van der Waals surface area contributed by atoms with Crippen LogP contribution in [0, 0.1) is 5.82 Å². The number of alkyl halides is 3. The molecule has 1 aromatic carbocycles. The van der Waals surface area contributed by atoms with E-state index in [0.717, 1.165) is 19.4 Å². The summed E-state index contributed by atoms with van der Waals surface area (Å²) in [5.74, 6) is -0.677. The van der Waals surface area contributed by atoms with Gasteiger partial charge in [0.1, 0.15) is 41.8 Å². The molecular weight excluding hydrogens is 602 g/mol. The quantitative estimate of drug-likeness (QED) is 0.254. The number of aromatic nitrogens is 3. The third kappa shape index (κ3) is 4.31. The highest BCUT2D eigenvalue weighted by molar-refractivity contribution is 9.10. The van der Waals surface area contributed by atoms with Gasteiger partial charge >= 0.3 is 6.01 Å². The maximum Gasteiger partial charge on any atom is 0.319 e. The minimum absolute atomic E-state index is 0.0232. The molecule has 0 aliphatic carbocycles. The fourth-order valence-electron chi connectivity index (χ4n) is 5.65. The van der Waals surface area contributed by atoms with Crippen LogP contribution in [-0.2, 0) is 0 Å². The highest BCUT2D eigenvalue weighted by Crippen LogP contribution is 2.49. The number of nitrogens with zero attached hydrogens (tertiary/aromatic N) is 5. The zero-order chi connectivity index (χ0) is 25.9. The molecule has 2 saturated heterocycles. The SMILES string of the molecule is Fc1c(Br)c(Cl)c2c3c(nc(OC[C@@]45CCCN4C[C@H](F)C5)nc13)N(CC(F)F)C(c1cncs1)CO2. The fraction of sp³-hybridized carbons (Fsp3) is 0.522. The van der Waals surface area contributed by atoms with Crippen LogP contribution in [0.1, 0.15) is 30.2 Å². The molecule has 0 amide bonds. The van der Waals surface area contributed by atoms with Crippen molar-refractivity contribution in [3.63, 3.8) is 0 Å². The van der Waals surface area contributed by atoms with Gasteiger partial charge in [0, 0.05) is 19.2 Å².